The van der Waals surface area contributed by atoms with E-state index in [9.17, 15) is 0 Å². The van der Waals surface area contributed by atoms with Crippen LogP contribution in [0.5, 0.6) is 11.5 Å². The topological polar surface area (TPSA) is 44.5 Å². The van der Waals surface area contributed by atoms with Crippen molar-refractivity contribution < 1.29 is 9.47 Å². The van der Waals surface area contributed by atoms with Crippen molar-refractivity contribution in [3.8, 4) is 11.5 Å². The molecule has 0 radical (unpaired) electrons. The number of ether oxygens (including phenoxy) is 2. The van der Waals surface area contributed by atoms with Crippen LogP contribution in [0.15, 0.2) is 18.2 Å². The van der Waals surface area contributed by atoms with Gasteiger partial charge in [0.1, 0.15) is 17.1 Å². The average molecular weight is 209 g/mol. The zero-order valence-electron chi connectivity index (χ0n) is 9.83. The second-order valence-electron chi connectivity index (χ2n) is 4.39. The van der Waals surface area contributed by atoms with E-state index >= 15 is 0 Å². The molecule has 0 aliphatic carbocycles. The van der Waals surface area contributed by atoms with Crippen LogP contribution < -0.4 is 15.2 Å². The molecule has 1 aromatic carbocycles. The molecular weight excluding hydrogens is 190 g/mol. The number of hydrogen-bond donors (Lipinski definition) is 1. The van der Waals surface area contributed by atoms with E-state index in [2.05, 4.69) is 0 Å². The van der Waals surface area contributed by atoms with Crippen LogP contribution in [0.1, 0.15) is 27.7 Å². The van der Waals surface area contributed by atoms with Crippen LogP contribution in [0.4, 0.5) is 5.69 Å². The monoisotopic (exact) mass is 209 g/mol. The minimum Gasteiger partial charge on any atom is -0.494 e. The molecule has 1 aromatic rings. The highest BCUT2D eigenvalue weighted by molar-refractivity contribution is 5.50. The van der Waals surface area contributed by atoms with Gasteiger partial charge in [0.15, 0.2) is 0 Å². The Morgan fingerprint density at radius 1 is 1.13 bits per heavy atom. The third-order valence-corrected chi connectivity index (χ3v) is 1.64. The van der Waals surface area contributed by atoms with Crippen molar-refractivity contribution in [2.75, 3.05) is 12.3 Å². The summed E-state index contributed by atoms with van der Waals surface area (Å²) in [5.74, 6) is 1.49. The predicted octanol–water partition coefficient (Wildman–Crippen LogP) is 2.84. The van der Waals surface area contributed by atoms with Crippen molar-refractivity contribution in [3.05, 3.63) is 18.2 Å². The molecule has 3 heteroatoms. The van der Waals surface area contributed by atoms with Crippen LogP contribution in [0.25, 0.3) is 0 Å². The van der Waals surface area contributed by atoms with Crippen LogP contribution in [0.2, 0.25) is 0 Å². The lowest BCUT2D eigenvalue weighted by Gasteiger charge is -2.21. The number of anilines is 1. The zero-order valence-corrected chi connectivity index (χ0v) is 9.83. The minimum absolute atomic E-state index is 0.225. The quantitative estimate of drug-likeness (QED) is 0.778. The molecule has 0 bridgehead atoms. The fourth-order valence-electron chi connectivity index (χ4n) is 1.26. The van der Waals surface area contributed by atoms with Gasteiger partial charge in [0.2, 0.25) is 0 Å². The van der Waals surface area contributed by atoms with E-state index in [0.717, 1.165) is 11.5 Å². The first-order valence-corrected chi connectivity index (χ1v) is 5.13. The normalized spacial score (nSPS) is 11.2. The zero-order chi connectivity index (χ0) is 11.5. The van der Waals surface area contributed by atoms with Crippen LogP contribution in [0, 0.1) is 0 Å². The van der Waals surface area contributed by atoms with Gasteiger partial charge in [-0.3, -0.25) is 0 Å². The molecular formula is C12H19NO2. The summed E-state index contributed by atoms with van der Waals surface area (Å²) in [5.41, 5.74) is 6.18. The van der Waals surface area contributed by atoms with Gasteiger partial charge in [-0.1, -0.05) is 0 Å². The molecule has 1 rings (SSSR count). The van der Waals surface area contributed by atoms with Crippen molar-refractivity contribution in [1.82, 2.24) is 0 Å². The second-order valence-corrected chi connectivity index (χ2v) is 4.39. The Morgan fingerprint density at radius 2 is 1.73 bits per heavy atom. The maximum absolute atomic E-state index is 5.75. The fourth-order valence-corrected chi connectivity index (χ4v) is 1.26. The molecule has 0 saturated heterocycles. The molecule has 0 heterocycles. The summed E-state index contributed by atoms with van der Waals surface area (Å²) in [7, 11) is 0. The lowest BCUT2D eigenvalue weighted by Crippen LogP contribution is -2.23. The van der Waals surface area contributed by atoms with Crippen molar-refractivity contribution in [3.63, 3.8) is 0 Å². The van der Waals surface area contributed by atoms with Crippen molar-refractivity contribution in [2.24, 2.45) is 0 Å². The van der Waals surface area contributed by atoms with Crippen LogP contribution in [-0.4, -0.2) is 12.2 Å². The summed E-state index contributed by atoms with van der Waals surface area (Å²) in [6.45, 7) is 8.55. The van der Waals surface area contributed by atoms with Gasteiger partial charge in [-0.05, 0) is 27.7 Å². The first-order chi connectivity index (χ1) is 6.90. The molecule has 0 unspecified atom stereocenters. The number of hydrogen-bond acceptors (Lipinski definition) is 3. The van der Waals surface area contributed by atoms with E-state index in [1.165, 1.54) is 0 Å². The van der Waals surface area contributed by atoms with Gasteiger partial charge in [0.25, 0.3) is 0 Å². The third kappa shape index (κ3) is 4.11. The van der Waals surface area contributed by atoms with Gasteiger partial charge in [-0.2, -0.15) is 0 Å². The summed E-state index contributed by atoms with van der Waals surface area (Å²) in [6, 6.07) is 5.44. The lowest BCUT2D eigenvalue weighted by atomic mass is 10.2. The summed E-state index contributed by atoms with van der Waals surface area (Å²) in [6.07, 6.45) is 0. The highest BCUT2D eigenvalue weighted by atomic mass is 16.5. The Hall–Kier alpha value is -1.38. The fraction of sp³-hybridized carbons (Fsp3) is 0.500. The Kier molecular flexibility index (Phi) is 3.45. The molecule has 0 saturated carbocycles. The average Bonchev–Trinajstić information content (AvgIpc) is 1.99. The van der Waals surface area contributed by atoms with Crippen LogP contribution in [0.3, 0.4) is 0 Å². The highest BCUT2D eigenvalue weighted by Crippen LogP contribution is 2.27. The number of rotatable bonds is 3. The van der Waals surface area contributed by atoms with E-state index in [-0.39, 0.29) is 5.60 Å². The summed E-state index contributed by atoms with van der Waals surface area (Å²) in [4.78, 5) is 0. The van der Waals surface area contributed by atoms with Crippen LogP contribution in [-0.2, 0) is 0 Å². The van der Waals surface area contributed by atoms with E-state index < -0.39 is 0 Å². The van der Waals surface area contributed by atoms with E-state index in [0.29, 0.717) is 12.3 Å². The third-order valence-electron chi connectivity index (χ3n) is 1.64. The molecule has 0 spiro atoms. The van der Waals surface area contributed by atoms with Gasteiger partial charge in [0, 0.05) is 23.9 Å². The van der Waals surface area contributed by atoms with Gasteiger partial charge in [-0.15, -0.1) is 0 Å². The van der Waals surface area contributed by atoms with Gasteiger partial charge >= 0.3 is 0 Å². The first-order valence-electron chi connectivity index (χ1n) is 5.13. The van der Waals surface area contributed by atoms with Crippen molar-refractivity contribution >= 4 is 5.69 Å². The number of nitrogen functional groups attached to an aromatic ring is 1. The maximum Gasteiger partial charge on any atom is 0.125 e. The highest BCUT2D eigenvalue weighted by Gasteiger charge is 2.12. The Labute approximate surface area is 91.2 Å². The predicted molar refractivity (Wildman–Crippen MR) is 62.4 cm³/mol. The van der Waals surface area contributed by atoms with Gasteiger partial charge < -0.3 is 15.2 Å². The molecule has 0 fully saturated rings. The van der Waals surface area contributed by atoms with Gasteiger partial charge in [0.05, 0.1) is 6.61 Å². The van der Waals surface area contributed by atoms with E-state index in [1.54, 1.807) is 12.1 Å². The Bertz CT molecular complexity index is 329. The molecule has 3 nitrogen and oxygen atoms in total. The molecule has 15 heavy (non-hydrogen) atoms. The molecule has 0 aromatic heterocycles. The number of benzene rings is 1. The first kappa shape index (κ1) is 11.7. The minimum atomic E-state index is -0.225. The molecule has 0 aliphatic rings. The van der Waals surface area contributed by atoms with E-state index in [1.807, 2.05) is 33.8 Å². The molecule has 0 atom stereocenters. The Morgan fingerprint density at radius 3 is 2.27 bits per heavy atom. The Balaban J connectivity index is 2.88. The van der Waals surface area contributed by atoms with Crippen LogP contribution >= 0.6 is 0 Å². The molecule has 0 aliphatic heterocycles. The smallest absolute Gasteiger partial charge is 0.125 e. The lowest BCUT2D eigenvalue weighted by molar-refractivity contribution is 0.130. The second kappa shape index (κ2) is 4.43. The summed E-state index contributed by atoms with van der Waals surface area (Å²) < 4.78 is 11.1. The van der Waals surface area contributed by atoms with Crippen molar-refractivity contribution in [2.45, 2.75) is 33.3 Å². The largest absolute Gasteiger partial charge is 0.494 e. The number of nitrogens with two attached hydrogens (primary N) is 1. The van der Waals surface area contributed by atoms with Crippen molar-refractivity contribution in [1.29, 1.82) is 0 Å². The summed E-state index contributed by atoms with van der Waals surface area (Å²) in [5, 5.41) is 0. The summed E-state index contributed by atoms with van der Waals surface area (Å²) >= 11 is 0. The molecule has 0 amide bonds. The SMILES string of the molecule is CCOc1cc(N)cc(OC(C)(C)C)c1. The molecule has 2 N–H and O–H groups in total. The standard InChI is InChI=1S/C12H19NO2/c1-5-14-10-6-9(13)7-11(8-10)15-12(2,3)4/h6-8H,5,13H2,1-4H3. The van der Waals surface area contributed by atoms with Gasteiger partial charge in [-0.25, -0.2) is 0 Å². The molecule has 84 valence electrons. The maximum atomic E-state index is 5.75. The van der Waals surface area contributed by atoms with E-state index in [4.69, 9.17) is 15.2 Å².